The van der Waals surface area contributed by atoms with Gasteiger partial charge < -0.3 is 9.84 Å². The Morgan fingerprint density at radius 2 is 1.09 bits per heavy atom. The molecule has 1 N–H and O–H groups in total. The van der Waals surface area contributed by atoms with Crippen LogP contribution >= 0.6 is 0 Å². The lowest BCUT2D eigenvalue weighted by Gasteiger charge is -2.17. The Balaban J connectivity index is 3.56. The van der Waals surface area contributed by atoms with Gasteiger partial charge in [-0.1, -0.05) is 90.9 Å². The van der Waals surface area contributed by atoms with Gasteiger partial charge in [0.25, 0.3) is 0 Å². The van der Waals surface area contributed by atoms with Crippen molar-refractivity contribution in [3.8, 4) is 0 Å². The van der Waals surface area contributed by atoms with Gasteiger partial charge in [-0.05, 0) is 25.7 Å². The monoisotopic (exact) mass is 328 g/mol. The van der Waals surface area contributed by atoms with Crippen molar-refractivity contribution in [2.75, 3.05) is 13.2 Å². The van der Waals surface area contributed by atoms with Crippen molar-refractivity contribution in [3.63, 3.8) is 0 Å². The highest BCUT2D eigenvalue weighted by atomic mass is 16.5. The van der Waals surface area contributed by atoms with E-state index in [4.69, 9.17) is 9.84 Å². The van der Waals surface area contributed by atoms with Gasteiger partial charge in [0, 0.05) is 13.2 Å². The Bertz CT molecular complexity index is 188. The zero-order valence-corrected chi connectivity index (χ0v) is 16.2. The molecule has 0 aliphatic carbocycles. The predicted octanol–water partition coefficient (Wildman–Crippen LogP) is 6.65. The third-order valence-corrected chi connectivity index (χ3v) is 4.62. The molecule has 0 aliphatic rings. The summed E-state index contributed by atoms with van der Waals surface area (Å²) < 4.78 is 6.05. The molecule has 1 atom stereocenters. The zero-order valence-electron chi connectivity index (χ0n) is 16.2. The molecule has 0 fully saturated rings. The molecule has 2 nitrogen and oxygen atoms in total. The van der Waals surface area contributed by atoms with Crippen LogP contribution in [0.15, 0.2) is 0 Å². The quantitative estimate of drug-likeness (QED) is 0.269. The van der Waals surface area contributed by atoms with Gasteiger partial charge in [0.2, 0.25) is 0 Å². The summed E-state index contributed by atoms with van der Waals surface area (Å²) in [6.45, 7) is 5.76. The summed E-state index contributed by atoms with van der Waals surface area (Å²) in [6, 6.07) is 0. The molecule has 0 aliphatic heterocycles. The molecule has 0 radical (unpaired) electrons. The van der Waals surface area contributed by atoms with Gasteiger partial charge in [-0.3, -0.25) is 0 Å². The predicted molar refractivity (Wildman–Crippen MR) is 102 cm³/mol. The molecule has 0 heterocycles. The molecule has 2 heteroatoms. The van der Waals surface area contributed by atoms with Crippen LogP contribution in [0.3, 0.4) is 0 Å². The maximum atomic E-state index is 8.77. The van der Waals surface area contributed by atoms with Crippen LogP contribution in [-0.2, 0) is 4.74 Å². The van der Waals surface area contributed by atoms with E-state index in [2.05, 4.69) is 13.8 Å². The zero-order chi connectivity index (χ0) is 17.0. The van der Waals surface area contributed by atoms with E-state index in [0.29, 0.717) is 12.7 Å². The number of hydrogen-bond acceptors (Lipinski definition) is 2. The van der Waals surface area contributed by atoms with Crippen LogP contribution in [0, 0.1) is 0 Å². The lowest BCUT2D eigenvalue weighted by molar-refractivity contribution is 0.0385. The minimum Gasteiger partial charge on any atom is -0.396 e. The fraction of sp³-hybridized carbons (Fsp3) is 1.00. The van der Waals surface area contributed by atoms with Crippen molar-refractivity contribution >= 4 is 0 Å². The Hall–Kier alpha value is -0.0800. The van der Waals surface area contributed by atoms with E-state index in [1.807, 2.05) is 0 Å². The van der Waals surface area contributed by atoms with Crippen LogP contribution in [-0.4, -0.2) is 24.4 Å². The molecule has 0 saturated carbocycles. The van der Waals surface area contributed by atoms with E-state index >= 15 is 0 Å². The number of aliphatic hydroxyl groups is 1. The van der Waals surface area contributed by atoms with Crippen LogP contribution < -0.4 is 0 Å². The van der Waals surface area contributed by atoms with E-state index in [0.717, 1.165) is 19.4 Å². The van der Waals surface area contributed by atoms with Gasteiger partial charge in [0.1, 0.15) is 0 Å². The molecular weight excluding hydrogens is 284 g/mol. The topological polar surface area (TPSA) is 29.5 Å². The molecule has 140 valence electrons. The average molecular weight is 329 g/mol. The Morgan fingerprint density at radius 3 is 1.57 bits per heavy atom. The molecule has 0 saturated heterocycles. The number of ether oxygens (including phenoxy) is 1. The van der Waals surface area contributed by atoms with Gasteiger partial charge in [-0.15, -0.1) is 0 Å². The summed E-state index contributed by atoms with van der Waals surface area (Å²) in [5, 5.41) is 8.77. The van der Waals surface area contributed by atoms with E-state index in [9.17, 15) is 0 Å². The lowest BCUT2D eigenvalue weighted by Crippen LogP contribution is -2.13. The minimum absolute atomic E-state index is 0.353. The van der Waals surface area contributed by atoms with Gasteiger partial charge in [0.15, 0.2) is 0 Å². The molecule has 0 aromatic carbocycles. The highest BCUT2D eigenvalue weighted by molar-refractivity contribution is 4.60. The van der Waals surface area contributed by atoms with E-state index < -0.39 is 0 Å². The number of hydrogen-bond donors (Lipinski definition) is 1. The number of rotatable bonds is 19. The molecule has 23 heavy (non-hydrogen) atoms. The highest BCUT2D eigenvalue weighted by Crippen LogP contribution is 2.17. The van der Waals surface area contributed by atoms with Gasteiger partial charge in [0.05, 0.1) is 6.10 Å². The molecular formula is C21H44O2. The first-order valence-electron chi connectivity index (χ1n) is 10.6. The van der Waals surface area contributed by atoms with Crippen molar-refractivity contribution in [2.24, 2.45) is 0 Å². The summed E-state index contributed by atoms with van der Waals surface area (Å²) in [5.41, 5.74) is 0. The van der Waals surface area contributed by atoms with E-state index in [1.165, 1.54) is 89.9 Å². The lowest BCUT2D eigenvalue weighted by atomic mass is 10.0. The summed E-state index contributed by atoms with van der Waals surface area (Å²) in [5.74, 6) is 0. The molecule has 0 aromatic rings. The molecule has 0 amide bonds. The van der Waals surface area contributed by atoms with Crippen LogP contribution in [0.2, 0.25) is 0 Å². The maximum absolute atomic E-state index is 8.77. The molecule has 1 unspecified atom stereocenters. The molecule has 0 aromatic heterocycles. The molecule has 0 spiro atoms. The van der Waals surface area contributed by atoms with Crippen molar-refractivity contribution in [1.29, 1.82) is 0 Å². The van der Waals surface area contributed by atoms with Crippen LogP contribution in [0.5, 0.6) is 0 Å². The van der Waals surface area contributed by atoms with E-state index in [-0.39, 0.29) is 0 Å². The van der Waals surface area contributed by atoms with Crippen molar-refractivity contribution in [3.05, 3.63) is 0 Å². The first kappa shape index (κ1) is 22.9. The third kappa shape index (κ3) is 18.1. The van der Waals surface area contributed by atoms with Crippen molar-refractivity contribution in [2.45, 2.75) is 123 Å². The summed E-state index contributed by atoms with van der Waals surface area (Å²) >= 11 is 0. The van der Waals surface area contributed by atoms with Crippen molar-refractivity contribution < 1.29 is 9.84 Å². The minimum atomic E-state index is 0.353. The van der Waals surface area contributed by atoms with Crippen LogP contribution in [0.1, 0.15) is 117 Å². The third-order valence-electron chi connectivity index (χ3n) is 4.62. The first-order chi connectivity index (χ1) is 11.3. The summed E-state index contributed by atoms with van der Waals surface area (Å²) in [4.78, 5) is 0. The van der Waals surface area contributed by atoms with Gasteiger partial charge >= 0.3 is 0 Å². The smallest absolute Gasteiger partial charge is 0.0575 e. The largest absolute Gasteiger partial charge is 0.396 e. The fourth-order valence-corrected chi connectivity index (χ4v) is 3.12. The average Bonchev–Trinajstić information content (AvgIpc) is 2.57. The van der Waals surface area contributed by atoms with Crippen LogP contribution in [0.4, 0.5) is 0 Å². The van der Waals surface area contributed by atoms with Crippen molar-refractivity contribution in [1.82, 2.24) is 0 Å². The Morgan fingerprint density at radius 1 is 0.609 bits per heavy atom. The Labute approximate surface area is 146 Å². The molecule has 0 bridgehead atoms. The molecule has 0 rings (SSSR count). The number of aliphatic hydroxyl groups excluding tert-OH is 1. The summed E-state index contributed by atoms with van der Waals surface area (Å²) in [6.07, 6.45) is 21.3. The highest BCUT2D eigenvalue weighted by Gasteiger charge is 2.08. The summed E-state index contributed by atoms with van der Waals surface area (Å²) in [7, 11) is 0. The fourth-order valence-electron chi connectivity index (χ4n) is 3.12. The normalized spacial score (nSPS) is 12.7. The SMILES string of the molecule is CCCCCCCCCC(CCCCCCCCO)OCCC. The maximum Gasteiger partial charge on any atom is 0.0575 e. The second-order valence-electron chi connectivity index (χ2n) is 7.04. The van der Waals surface area contributed by atoms with Crippen LogP contribution in [0.25, 0.3) is 0 Å². The second-order valence-corrected chi connectivity index (χ2v) is 7.04. The van der Waals surface area contributed by atoms with Gasteiger partial charge in [-0.25, -0.2) is 0 Å². The van der Waals surface area contributed by atoms with E-state index in [1.54, 1.807) is 0 Å². The number of unbranched alkanes of at least 4 members (excludes halogenated alkanes) is 11. The second kappa shape index (κ2) is 20.0. The Kier molecular flexibility index (Phi) is 19.9. The van der Waals surface area contributed by atoms with Gasteiger partial charge in [-0.2, -0.15) is 0 Å². The first-order valence-corrected chi connectivity index (χ1v) is 10.6. The standard InChI is InChI=1S/C21H44O2/c1-3-5-6-7-8-11-14-17-21(23-20-4-2)18-15-12-9-10-13-16-19-22/h21-22H,3-20H2,1-2H3.